The highest BCUT2D eigenvalue weighted by molar-refractivity contribution is 5.31. The van der Waals surface area contributed by atoms with Gasteiger partial charge in [0.05, 0.1) is 12.7 Å². The van der Waals surface area contributed by atoms with Crippen molar-refractivity contribution in [3.63, 3.8) is 0 Å². The molecule has 0 saturated heterocycles. The molecule has 2 heteroatoms. The summed E-state index contributed by atoms with van der Waals surface area (Å²) in [5.74, 6) is 1.61. The number of ether oxygens (including phenoxy) is 1. The van der Waals surface area contributed by atoms with E-state index in [2.05, 4.69) is 43.4 Å². The van der Waals surface area contributed by atoms with E-state index in [0.29, 0.717) is 6.04 Å². The summed E-state index contributed by atoms with van der Waals surface area (Å²) < 4.78 is 6.03. The summed E-state index contributed by atoms with van der Waals surface area (Å²) in [6, 6.07) is 9.45. The second kappa shape index (κ2) is 6.93. The summed E-state index contributed by atoms with van der Waals surface area (Å²) in [7, 11) is 0. The molecule has 1 fully saturated rings. The smallest absolute Gasteiger partial charge is 0.0952 e. The Morgan fingerprint density at radius 3 is 2.86 bits per heavy atom. The number of nitrogens with one attached hydrogen (secondary N) is 1. The summed E-state index contributed by atoms with van der Waals surface area (Å²) in [6.45, 7) is 6.57. The first kappa shape index (κ1) is 15.1. The van der Waals surface area contributed by atoms with E-state index in [-0.39, 0.29) is 6.10 Å². The molecule has 1 aliphatic carbocycles. The Labute approximate surface area is 129 Å². The van der Waals surface area contributed by atoms with Crippen LogP contribution in [-0.4, -0.2) is 19.2 Å². The number of fused-ring (bicyclic) bond motifs is 1. The molecule has 0 bridgehead atoms. The van der Waals surface area contributed by atoms with Crippen molar-refractivity contribution < 1.29 is 4.74 Å². The first-order valence-electron chi connectivity index (χ1n) is 8.68. The lowest BCUT2D eigenvalue weighted by Gasteiger charge is -2.36. The highest BCUT2D eigenvalue weighted by atomic mass is 16.5. The summed E-state index contributed by atoms with van der Waals surface area (Å²) >= 11 is 0. The summed E-state index contributed by atoms with van der Waals surface area (Å²) in [4.78, 5) is 0. The van der Waals surface area contributed by atoms with Crippen LogP contribution in [0.25, 0.3) is 0 Å². The van der Waals surface area contributed by atoms with Gasteiger partial charge in [-0.15, -0.1) is 0 Å². The van der Waals surface area contributed by atoms with Gasteiger partial charge in [-0.05, 0) is 42.2 Å². The number of benzene rings is 1. The summed E-state index contributed by atoms with van der Waals surface area (Å²) in [5, 5.41) is 3.84. The van der Waals surface area contributed by atoms with E-state index in [4.69, 9.17) is 4.74 Å². The van der Waals surface area contributed by atoms with Crippen LogP contribution in [0.3, 0.4) is 0 Å². The molecule has 0 aromatic heterocycles. The van der Waals surface area contributed by atoms with Crippen molar-refractivity contribution in [3.8, 4) is 0 Å². The van der Waals surface area contributed by atoms with Crippen molar-refractivity contribution in [3.05, 3.63) is 35.4 Å². The van der Waals surface area contributed by atoms with Gasteiger partial charge in [-0.2, -0.15) is 0 Å². The quantitative estimate of drug-likeness (QED) is 0.900. The molecule has 2 nitrogen and oxygen atoms in total. The Morgan fingerprint density at radius 2 is 2.00 bits per heavy atom. The molecule has 0 radical (unpaired) electrons. The minimum atomic E-state index is 0.240. The molecule has 1 N–H and O–H groups in total. The lowest BCUT2D eigenvalue weighted by atomic mass is 9.78. The lowest BCUT2D eigenvalue weighted by Crippen LogP contribution is -2.43. The molecule has 2 aliphatic rings. The predicted molar refractivity (Wildman–Crippen MR) is 87.4 cm³/mol. The molecule has 1 heterocycles. The fraction of sp³-hybridized carbons (Fsp3) is 0.684. The van der Waals surface area contributed by atoms with Gasteiger partial charge in [0.1, 0.15) is 0 Å². The highest BCUT2D eigenvalue weighted by Gasteiger charge is 2.28. The van der Waals surface area contributed by atoms with Gasteiger partial charge in [0.25, 0.3) is 0 Å². The van der Waals surface area contributed by atoms with Gasteiger partial charge in [-0.3, -0.25) is 0 Å². The number of rotatable bonds is 4. The molecule has 1 saturated carbocycles. The van der Waals surface area contributed by atoms with Crippen LogP contribution in [-0.2, 0) is 11.2 Å². The molecule has 1 aromatic carbocycles. The number of hydrogen-bond donors (Lipinski definition) is 1. The minimum Gasteiger partial charge on any atom is -0.372 e. The van der Waals surface area contributed by atoms with Crippen LogP contribution in [0.2, 0.25) is 0 Å². The maximum atomic E-state index is 6.03. The van der Waals surface area contributed by atoms with E-state index in [9.17, 15) is 0 Å². The maximum Gasteiger partial charge on any atom is 0.0952 e. The topological polar surface area (TPSA) is 21.3 Å². The van der Waals surface area contributed by atoms with Crippen LogP contribution in [0, 0.1) is 11.8 Å². The van der Waals surface area contributed by atoms with E-state index < -0.39 is 0 Å². The Balaban J connectivity index is 1.62. The molecule has 21 heavy (non-hydrogen) atoms. The van der Waals surface area contributed by atoms with Crippen LogP contribution < -0.4 is 5.32 Å². The summed E-state index contributed by atoms with van der Waals surface area (Å²) in [6.07, 6.45) is 6.80. The van der Waals surface area contributed by atoms with Gasteiger partial charge >= 0.3 is 0 Å². The average Bonchev–Trinajstić information content (AvgIpc) is 2.53. The predicted octanol–water partition coefficient (Wildman–Crippen LogP) is 4.10. The first-order valence-corrected chi connectivity index (χ1v) is 8.68. The molecular formula is C19H29NO. The fourth-order valence-electron chi connectivity index (χ4n) is 4.12. The monoisotopic (exact) mass is 287 g/mol. The van der Waals surface area contributed by atoms with Crippen molar-refractivity contribution >= 4 is 0 Å². The van der Waals surface area contributed by atoms with Crippen LogP contribution in [0.1, 0.15) is 56.8 Å². The fourth-order valence-corrected chi connectivity index (χ4v) is 4.12. The van der Waals surface area contributed by atoms with Crippen molar-refractivity contribution in [2.24, 2.45) is 11.8 Å². The standard InChI is InChI=1S/C19H29NO/c1-14(2)16-8-5-6-10-18(16)20-13-19-17-9-4-3-7-15(17)11-12-21-19/h3-4,7,9,14,16,18-20H,5-6,8,10-13H2,1-2H3. The van der Waals surface area contributed by atoms with Crippen LogP contribution >= 0.6 is 0 Å². The zero-order chi connectivity index (χ0) is 14.7. The van der Waals surface area contributed by atoms with Crippen molar-refractivity contribution in [1.29, 1.82) is 0 Å². The maximum absolute atomic E-state index is 6.03. The Bertz CT molecular complexity index is 457. The molecule has 3 rings (SSSR count). The SMILES string of the molecule is CC(C)C1CCCCC1NCC1OCCc2ccccc21. The molecule has 1 aliphatic heterocycles. The second-order valence-corrected chi connectivity index (χ2v) is 7.02. The van der Waals surface area contributed by atoms with Gasteiger partial charge in [0, 0.05) is 12.6 Å². The van der Waals surface area contributed by atoms with E-state index in [1.165, 1.54) is 36.8 Å². The van der Waals surface area contributed by atoms with E-state index in [0.717, 1.165) is 31.4 Å². The van der Waals surface area contributed by atoms with E-state index in [1.54, 1.807) is 0 Å². The van der Waals surface area contributed by atoms with Gasteiger partial charge < -0.3 is 10.1 Å². The molecule has 1 aromatic rings. The van der Waals surface area contributed by atoms with Crippen LogP contribution in [0.15, 0.2) is 24.3 Å². The molecule has 116 valence electrons. The third-order valence-corrected chi connectivity index (χ3v) is 5.33. The molecule has 0 spiro atoms. The van der Waals surface area contributed by atoms with Gasteiger partial charge in [-0.1, -0.05) is 51.0 Å². The normalized spacial score (nSPS) is 29.4. The first-order chi connectivity index (χ1) is 10.3. The van der Waals surface area contributed by atoms with E-state index in [1.807, 2.05) is 0 Å². The lowest BCUT2D eigenvalue weighted by molar-refractivity contribution is 0.0364. The van der Waals surface area contributed by atoms with E-state index >= 15 is 0 Å². The van der Waals surface area contributed by atoms with Crippen molar-refractivity contribution in [2.45, 2.75) is 58.1 Å². The number of hydrogen-bond acceptors (Lipinski definition) is 2. The van der Waals surface area contributed by atoms with Crippen LogP contribution in [0.5, 0.6) is 0 Å². The summed E-state index contributed by atoms with van der Waals surface area (Å²) in [5.41, 5.74) is 2.87. The van der Waals surface area contributed by atoms with Gasteiger partial charge in [0.2, 0.25) is 0 Å². The Morgan fingerprint density at radius 1 is 1.19 bits per heavy atom. The zero-order valence-corrected chi connectivity index (χ0v) is 13.5. The largest absolute Gasteiger partial charge is 0.372 e. The minimum absolute atomic E-state index is 0.240. The average molecular weight is 287 g/mol. The second-order valence-electron chi connectivity index (χ2n) is 7.02. The molecule has 3 unspecified atom stereocenters. The Kier molecular flexibility index (Phi) is 4.97. The third kappa shape index (κ3) is 3.49. The molecular weight excluding hydrogens is 258 g/mol. The van der Waals surface area contributed by atoms with Gasteiger partial charge in [-0.25, -0.2) is 0 Å². The van der Waals surface area contributed by atoms with Crippen molar-refractivity contribution in [2.75, 3.05) is 13.2 Å². The molecule has 3 atom stereocenters. The Hall–Kier alpha value is -0.860. The van der Waals surface area contributed by atoms with Gasteiger partial charge in [0.15, 0.2) is 0 Å². The van der Waals surface area contributed by atoms with Crippen molar-refractivity contribution in [1.82, 2.24) is 5.32 Å². The van der Waals surface area contributed by atoms with Crippen LogP contribution in [0.4, 0.5) is 0 Å². The molecule has 0 amide bonds. The zero-order valence-electron chi connectivity index (χ0n) is 13.5. The highest BCUT2D eigenvalue weighted by Crippen LogP contribution is 2.31. The third-order valence-electron chi connectivity index (χ3n) is 5.33.